The summed E-state index contributed by atoms with van der Waals surface area (Å²) in [4.78, 5) is 4.28. The van der Waals surface area contributed by atoms with Crippen LogP contribution in [0, 0.1) is 16.7 Å². The van der Waals surface area contributed by atoms with Crippen molar-refractivity contribution < 1.29 is 0 Å². The molecule has 0 fully saturated rings. The fraction of sp³-hybridized carbons (Fsp3) is 0.500. The van der Waals surface area contributed by atoms with Crippen molar-refractivity contribution in [3.8, 4) is 6.07 Å². The molecule has 1 aromatic heterocycles. The molecule has 0 atom stereocenters. The summed E-state index contributed by atoms with van der Waals surface area (Å²) < 4.78 is 1.00. The Kier molecular flexibility index (Phi) is 5.30. The van der Waals surface area contributed by atoms with Crippen LogP contribution < -0.4 is 0 Å². The van der Waals surface area contributed by atoms with E-state index in [1.165, 1.54) is 0 Å². The van der Waals surface area contributed by atoms with Crippen LogP contribution in [0.25, 0.3) is 0 Å². The Balaban J connectivity index is 2.27. The van der Waals surface area contributed by atoms with E-state index in [1.54, 1.807) is 11.8 Å². The van der Waals surface area contributed by atoms with Gasteiger partial charge in [0.25, 0.3) is 0 Å². The topological polar surface area (TPSA) is 36.7 Å². The molecule has 0 unspecified atom stereocenters. The highest BCUT2D eigenvalue weighted by Crippen LogP contribution is 2.24. The Bertz CT molecular complexity index is 368. The molecule has 0 radical (unpaired) electrons. The van der Waals surface area contributed by atoms with E-state index in [0.717, 1.165) is 28.1 Å². The highest BCUT2D eigenvalue weighted by molar-refractivity contribution is 9.10. The predicted octanol–water partition coefficient (Wildman–Crippen LogP) is 4.27. The summed E-state index contributed by atoms with van der Waals surface area (Å²) >= 11 is 5.09. The van der Waals surface area contributed by atoms with E-state index in [4.69, 9.17) is 5.26 Å². The van der Waals surface area contributed by atoms with Gasteiger partial charge in [-0.25, -0.2) is 4.98 Å². The first-order valence-electron chi connectivity index (χ1n) is 5.19. The molecule has 0 aliphatic rings. The van der Waals surface area contributed by atoms with Crippen molar-refractivity contribution >= 4 is 27.7 Å². The molecule has 0 spiro atoms. The largest absolute Gasteiger partial charge is 0.249 e. The molecule has 0 saturated carbocycles. The van der Waals surface area contributed by atoms with Crippen LogP contribution in [-0.2, 0) is 0 Å². The van der Waals surface area contributed by atoms with Crippen LogP contribution in [0.4, 0.5) is 0 Å². The summed E-state index contributed by atoms with van der Waals surface area (Å²) in [5, 5.41) is 9.91. The molecule has 86 valence electrons. The Morgan fingerprint density at radius 3 is 2.81 bits per heavy atom. The SMILES string of the molecule is CC(C)(C#N)CCCSc1ccc(Br)cn1. The lowest BCUT2D eigenvalue weighted by molar-refractivity contribution is 0.448. The predicted molar refractivity (Wildman–Crippen MR) is 71.3 cm³/mol. The molecule has 0 N–H and O–H groups in total. The summed E-state index contributed by atoms with van der Waals surface area (Å²) in [6, 6.07) is 6.32. The third-order valence-corrected chi connectivity index (χ3v) is 3.70. The monoisotopic (exact) mass is 298 g/mol. The third-order valence-electron chi connectivity index (χ3n) is 2.20. The number of hydrogen-bond donors (Lipinski definition) is 0. The smallest absolute Gasteiger partial charge is 0.0960 e. The van der Waals surface area contributed by atoms with Crippen molar-refractivity contribution in [2.24, 2.45) is 5.41 Å². The second kappa shape index (κ2) is 6.27. The van der Waals surface area contributed by atoms with Gasteiger partial charge >= 0.3 is 0 Å². The lowest BCUT2D eigenvalue weighted by atomic mass is 9.90. The van der Waals surface area contributed by atoms with E-state index in [0.29, 0.717) is 0 Å². The van der Waals surface area contributed by atoms with E-state index in [9.17, 15) is 0 Å². The lowest BCUT2D eigenvalue weighted by Gasteiger charge is -2.13. The Labute approximate surface area is 110 Å². The number of hydrogen-bond acceptors (Lipinski definition) is 3. The first-order chi connectivity index (χ1) is 7.53. The van der Waals surface area contributed by atoms with E-state index in [2.05, 4.69) is 27.0 Å². The standard InChI is InChI=1S/C12H15BrN2S/c1-12(2,9-14)6-3-7-16-11-5-4-10(13)8-15-11/h4-5,8H,3,6-7H2,1-2H3. The van der Waals surface area contributed by atoms with Gasteiger partial charge < -0.3 is 0 Å². The highest BCUT2D eigenvalue weighted by atomic mass is 79.9. The summed E-state index contributed by atoms with van der Waals surface area (Å²) in [6.45, 7) is 3.96. The van der Waals surface area contributed by atoms with Gasteiger partial charge in [0.15, 0.2) is 0 Å². The molecule has 0 aromatic carbocycles. The van der Waals surface area contributed by atoms with Gasteiger partial charge in [-0.3, -0.25) is 0 Å². The molecule has 0 amide bonds. The van der Waals surface area contributed by atoms with Crippen LogP contribution >= 0.6 is 27.7 Å². The van der Waals surface area contributed by atoms with Crippen LogP contribution in [0.3, 0.4) is 0 Å². The minimum absolute atomic E-state index is 0.201. The van der Waals surface area contributed by atoms with Crippen molar-refractivity contribution in [1.82, 2.24) is 4.98 Å². The molecule has 0 aliphatic heterocycles. The molecule has 1 aromatic rings. The second-order valence-electron chi connectivity index (χ2n) is 4.26. The zero-order valence-electron chi connectivity index (χ0n) is 9.53. The van der Waals surface area contributed by atoms with Gasteiger partial charge in [0.05, 0.1) is 16.5 Å². The van der Waals surface area contributed by atoms with Gasteiger partial charge in [-0.05, 0) is 60.5 Å². The van der Waals surface area contributed by atoms with Gasteiger partial charge in [-0.15, -0.1) is 11.8 Å². The van der Waals surface area contributed by atoms with Crippen molar-refractivity contribution in [3.05, 3.63) is 22.8 Å². The van der Waals surface area contributed by atoms with Crippen LogP contribution in [0.1, 0.15) is 26.7 Å². The van der Waals surface area contributed by atoms with Gasteiger partial charge in [0, 0.05) is 10.7 Å². The van der Waals surface area contributed by atoms with Crippen molar-refractivity contribution in [1.29, 1.82) is 5.26 Å². The van der Waals surface area contributed by atoms with E-state index < -0.39 is 0 Å². The van der Waals surface area contributed by atoms with Gasteiger partial charge in [-0.1, -0.05) is 0 Å². The van der Waals surface area contributed by atoms with E-state index in [-0.39, 0.29) is 5.41 Å². The summed E-state index contributed by atoms with van der Waals surface area (Å²) in [7, 11) is 0. The van der Waals surface area contributed by atoms with E-state index in [1.807, 2.05) is 32.2 Å². The maximum atomic E-state index is 8.87. The maximum Gasteiger partial charge on any atom is 0.0960 e. The highest BCUT2D eigenvalue weighted by Gasteiger charge is 2.15. The molecule has 16 heavy (non-hydrogen) atoms. The quantitative estimate of drug-likeness (QED) is 0.602. The van der Waals surface area contributed by atoms with Gasteiger partial charge in [0.2, 0.25) is 0 Å². The Hall–Kier alpha value is -0.530. The Morgan fingerprint density at radius 1 is 1.50 bits per heavy atom. The number of thioether (sulfide) groups is 1. The molecule has 2 nitrogen and oxygen atoms in total. The van der Waals surface area contributed by atoms with E-state index >= 15 is 0 Å². The van der Waals surface area contributed by atoms with Gasteiger partial charge in [0.1, 0.15) is 0 Å². The Morgan fingerprint density at radius 2 is 2.25 bits per heavy atom. The van der Waals surface area contributed by atoms with Gasteiger partial charge in [-0.2, -0.15) is 5.26 Å². The molecular formula is C12H15BrN2S. The minimum atomic E-state index is -0.201. The van der Waals surface area contributed by atoms with Crippen LogP contribution in [0.2, 0.25) is 0 Å². The average molecular weight is 299 g/mol. The zero-order chi connectivity index (χ0) is 12.0. The van der Waals surface area contributed by atoms with Crippen LogP contribution in [0.15, 0.2) is 27.8 Å². The van der Waals surface area contributed by atoms with Crippen molar-refractivity contribution in [2.75, 3.05) is 5.75 Å². The minimum Gasteiger partial charge on any atom is -0.249 e. The summed E-state index contributed by atoms with van der Waals surface area (Å²) in [5.41, 5.74) is -0.201. The normalized spacial score (nSPS) is 11.1. The first-order valence-corrected chi connectivity index (χ1v) is 6.97. The van der Waals surface area contributed by atoms with Crippen molar-refractivity contribution in [3.63, 3.8) is 0 Å². The van der Waals surface area contributed by atoms with Crippen molar-refractivity contribution in [2.45, 2.75) is 31.7 Å². The third kappa shape index (κ3) is 5.00. The molecular weight excluding hydrogens is 284 g/mol. The maximum absolute atomic E-state index is 8.87. The molecule has 0 bridgehead atoms. The lowest BCUT2D eigenvalue weighted by Crippen LogP contribution is -2.07. The number of aromatic nitrogens is 1. The fourth-order valence-electron chi connectivity index (χ4n) is 1.19. The molecule has 1 heterocycles. The number of rotatable bonds is 5. The second-order valence-corrected chi connectivity index (χ2v) is 6.29. The number of halogens is 1. The number of nitriles is 1. The summed E-state index contributed by atoms with van der Waals surface area (Å²) in [5.74, 6) is 1.01. The van der Waals surface area contributed by atoms with Crippen LogP contribution in [0.5, 0.6) is 0 Å². The average Bonchev–Trinajstić information content (AvgIpc) is 2.27. The molecule has 1 rings (SSSR count). The molecule has 0 saturated heterocycles. The molecule has 4 heteroatoms. The van der Waals surface area contributed by atoms with Crippen LogP contribution in [-0.4, -0.2) is 10.7 Å². The number of nitrogens with zero attached hydrogens (tertiary/aromatic N) is 2. The summed E-state index contributed by atoms with van der Waals surface area (Å²) in [6.07, 6.45) is 3.79. The number of pyridine rings is 1. The zero-order valence-corrected chi connectivity index (χ0v) is 11.9. The fourth-order valence-corrected chi connectivity index (χ4v) is 2.22. The molecule has 0 aliphatic carbocycles. The first kappa shape index (κ1) is 13.5.